The molecule has 0 aromatic heterocycles. The quantitative estimate of drug-likeness (QED) is 0.846. The second-order valence-electron chi connectivity index (χ2n) is 7.31. The fourth-order valence-electron chi connectivity index (χ4n) is 2.70. The molecule has 1 aromatic rings. The molecule has 136 valence electrons. The summed E-state index contributed by atoms with van der Waals surface area (Å²) in [5.41, 5.74) is -1.04. The Morgan fingerprint density at radius 3 is 2.28 bits per heavy atom. The monoisotopic (exact) mass is 347 g/mol. The third-order valence-corrected chi connectivity index (χ3v) is 4.00. The van der Waals surface area contributed by atoms with E-state index in [9.17, 15) is 14.4 Å². The zero-order valence-electron chi connectivity index (χ0n) is 15.0. The maximum atomic E-state index is 12.7. The van der Waals surface area contributed by atoms with Gasteiger partial charge < -0.3 is 14.8 Å². The molecule has 1 aliphatic carbocycles. The lowest BCUT2D eigenvalue weighted by atomic mass is 9.81. The van der Waals surface area contributed by atoms with Crippen LogP contribution in [-0.2, 0) is 25.7 Å². The summed E-state index contributed by atoms with van der Waals surface area (Å²) in [5, 5.41) is 2.66. The molecule has 2 rings (SSSR count). The van der Waals surface area contributed by atoms with E-state index in [-0.39, 0.29) is 38.1 Å². The van der Waals surface area contributed by atoms with Crippen LogP contribution < -0.4 is 5.32 Å². The lowest BCUT2D eigenvalue weighted by Gasteiger charge is -2.35. The molecule has 0 spiro atoms. The van der Waals surface area contributed by atoms with Crippen molar-refractivity contribution in [1.29, 1.82) is 0 Å². The van der Waals surface area contributed by atoms with Crippen LogP contribution in [-0.4, -0.2) is 29.0 Å². The van der Waals surface area contributed by atoms with Crippen molar-refractivity contribution in [2.24, 2.45) is 0 Å². The molecule has 6 heteroatoms. The summed E-state index contributed by atoms with van der Waals surface area (Å²) in [4.78, 5) is 36.4. The maximum Gasteiger partial charge on any atom is 0.408 e. The summed E-state index contributed by atoms with van der Waals surface area (Å²) in [6.07, 6.45) is 0.225. The highest BCUT2D eigenvalue weighted by Crippen LogP contribution is 2.29. The van der Waals surface area contributed by atoms with E-state index in [2.05, 4.69) is 5.32 Å². The molecular weight excluding hydrogens is 322 g/mol. The van der Waals surface area contributed by atoms with Crippen molar-refractivity contribution >= 4 is 17.8 Å². The van der Waals surface area contributed by atoms with E-state index in [1.54, 1.807) is 20.8 Å². The van der Waals surface area contributed by atoms with Crippen LogP contribution in [0.1, 0.15) is 52.0 Å². The van der Waals surface area contributed by atoms with Crippen LogP contribution in [0.2, 0.25) is 0 Å². The lowest BCUT2D eigenvalue weighted by molar-refractivity contribution is -0.155. The number of alkyl carbamates (subject to hydrolysis) is 1. The van der Waals surface area contributed by atoms with Gasteiger partial charge in [0.1, 0.15) is 23.5 Å². The van der Waals surface area contributed by atoms with Crippen LogP contribution in [0.15, 0.2) is 30.3 Å². The number of Topliss-reactive ketones (excluding diaryl/α,β-unsaturated/α-hetero) is 1. The molecule has 25 heavy (non-hydrogen) atoms. The first-order chi connectivity index (χ1) is 11.7. The number of hydrogen-bond donors (Lipinski definition) is 1. The van der Waals surface area contributed by atoms with Crippen LogP contribution in [0.4, 0.5) is 4.79 Å². The minimum absolute atomic E-state index is 0.0810. The number of nitrogens with one attached hydrogen (secondary N) is 1. The van der Waals surface area contributed by atoms with Gasteiger partial charge in [0.2, 0.25) is 0 Å². The molecule has 0 unspecified atom stereocenters. The smallest absolute Gasteiger partial charge is 0.408 e. The third-order valence-electron chi connectivity index (χ3n) is 4.00. The molecule has 0 atom stereocenters. The van der Waals surface area contributed by atoms with E-state index in [4.69, 9.17) is 9.47 Å². The van der Waals surface area contributed by atoms with Gasteiger partial charge in [-0.25, -0.2) is 9.59 Å². The number of ketones is 1. The Bertz CT molecular complexity index is 623. The fraction of sp³-hybridized carbons (Fsp3) is 0.526. The predicted octanol–water partition coefficient (Wildman–Crippen LogP) is 3.14. The Kier molecular flexibility index (Phi) is 5.82. The topological polar surface area (TPSA) is 81.7 Å². The summed E-state index contributed by atoms with van der Waals surface area (Å²) in [6.45, 7) is 5.36. The third kappa shape index (κ3) is 5.59. The Balaban J connectivity index is 2.07. The molecule has 0 radical (unpaired) electrons. The number of carbonyl (C=O) groups is 3. The molecule has 1 aromatic carbocycles. The number of rotatable bonds is 4. The molecule has 6 nitrogen and oxygen atoms in total. The standard InChI is InChI=1S/C19H25NO5/c1-18(2,3)25-17(23)20-19(11-9-15(21)10-12-19)16(22)24-13-14-7-5-4-6-8-14/h4-8H,9-13H2,1-3H3,(H,20,23). The Hall–Kier alpha value is -2.37. The molecule has 1 fully saturated rings. The number of esters is 1. The zero-order chi connectivity index (χ0) is 18.5. The average molecular weight is 347 g/mol. The molecule has 1 amide bonds. The first-order valence-corrected chi connectivity index (χ1v) is 8.44. The minimum atomic E-state index is -1.22. The SMILES string of the molecule is CC(C)(C)OC(=O)NC1(C(=O)OCc2ccccc2)CCC(=O)CC1. The van der Waals surface area contributed by atoms with Crippen molar-refractivity contribution in [3.8, 4) is 0 Å². The molecule has 1 saturated carbocycles. The van der Waals surface area contributed by atoms with Gasteiger partial charge >= 0.3 is 12.1 Å². The molecule has 0 saturated heterocycles. The normalized spacial score (nSPS) is 16.8. The van der Waals surface area contributed by atoms with Crippen molar-refractivity contribution in [3.63, 3.8) is 0 Å². The Labute approximate surface area is 147 Å². The van der Waals surface area contributed by atoms with Crippen molar-refractivity contribution in [1.82, 2.24) is 5.32 Å². The molecule has 1 N–H and O–H groups in total. The number of amides is 1. The molecule has 0 bridgehead atoms. The van der Waals surface area contributed by atoms with Crippen molar-refractivity contribution < 1.29 is 23.9 Å². The van der Waals surface area contributed by atoms with Crippen LogP contribution in [0.5, 0.6) is 0 Å². The second kappa shape index (κ2) is 7.68. The van der Waals surface area contributed by atoms with Crippen molar-refractivity contribution in [2.45, 2.75) is 64.2 Å². The number of ether oxygens (including phenoxy) is 2. The van der Waals surface area contributed by atoms with Gasteiger partial charge in [0.05, 0.1) is 0 Å². The van der Waals surface area contributed by atoms with Gasteiger partial charge in [-0.1, -0.05) is 30.3 Å². The van der Waals surface area contributed by atoms with E-state index in [1.165, 1.54) is 0 Å². The van der Waals surface area contributed by atoms with Crippen LogP contribution in [0, 0.1) is 0 Å². The fourth-order valence-corrected chi connectivity index (χ4v) is 2.70. The van der Waals surface area contributed by atoms with E-state index in [1.807, 2.05) is 30.3 Å². The van der Waals surface area contributed by atoms with Crippen molar-refractivity contribution in [3.05, 3.63) is 35.9 Å². The minimum Gasteiger partial charge on any atom is -0.459 e. The maximum absolute atomic E-state index is 12.7. The van der Waals surface area contributed by atoms with Gasteiger partial charge in [-0.3, -0.25) is 4.79 Å². The Morgan fingerprint density at radius 1 is 1.12 bits per heavy atom. The second-order valence-corrected chi connectivity index (χ2v) is 7.31. The highest BCUT2D eigenvalue weighted by Gasteiger charge is 2.45. The molecule has 0 heterocycles. The summed E-state index contributed by atoms with van der Waals surface area (Å²) >= 11 is 0. The summed E-state index contributed by atoms with van der Waals surface area (Å²) in [6, 6.07) is 9.30. The van der Waals surface area contributed by atoms with E-state index in [0.29, 0.717) is 0 Å². The van der Waals surface area contributed by atoms with Gasteiger partial charge in [-0.2, -0.15) is 0 Å². The van der Waals surface area contributed by atoms with Crippen LogP contribution in [0.3, 0.4) is 0 Å². The van der Waals surface area contributed by atoms with Gasteiger partial charge in [0.15, 0.2) is 0 Å². The van der Waals surface area contributed by atoms with Crippen LogP contribution in [0.25, 0.3) is 0 Å². The number of benzene rings is 1. The first kappa shape index (κ1) is 19.0. The van der Waals surface area contributed by atoms with Gasteiger partial charge in [-0.05, 0) is 39.2 Å². The largest absolute Gasteiger partial charge is 0.459 e. The highest BCUT2D eigenvalue weighted by atomic mass is 16.6. The molecular formula is C19H25NO5. The molecule has 1 aliphatic rings. The van der Waals surface area contributed by atoms with Gasteiger partial charge in [-0.15, -0.1) is 0 Å². The summed E-state index contributed by atoms with van der Waals surface area (Å²) in [7, 11) is 0. The first-order valence-electron chi connectivity index (χ1n) is 8.44. The van der Waals surface area contributed by atoms with Gasteiger partial charge in [0, 0.05) is 12.8 Å². The highest BCUT2D eigenvalue weighted by molar-refractivity contribution is 5.90. The van der Waals surface area contributed by atoms with Crippen LogP contribution >= 0.6 is 0 Å². The number of hydrogen-bond acceptors (Lipinski definition) is 5. The summed E-state index contributed by atoms with van der Waals surface area (Å²) in [5.74, 6) is -0.452. The van der Waals surface area contributed by atoms with E-state index >= 15 is 0 Å². The Morgan fingerprint density at radius 2 is 1.72 bits per heavy atom. The van der Waals surface area contributed by atoms with E-state index < -0.39 is 23.2 Å². The van der Waals surface area contributed by atoms with Gasteiger partial charge in [0.25, 0.3) is 0 Å². The average Bonchev–Trinajstić information content (AvgIpc) is 2.54. The number of carbonyl (C=O) groups excluding carboxylic acids is 3. The van der Waals surface area contributed by atoms with E-state index in [0.717, 1.165) is 5.56 Å². The molecule has 0 aliphatic heterocycles. The predicted molar refractivity (Wildman–Crippen MR) is 91.8 cm³/mol. The zero-order valence-corrected chi connectivity index (χ0v) is 15.0. The summed E-state index contributed by atoms with van der Waals surface area (Å²) < 4.78 is 10.7. The lowest BCUT2D eigenvalue weighted by Crippen LogP contribution is -2.58. The van der Waals surface area contributed by atoms with Crippen molar-refractivity contribution in [2.75, 3.05) is 0 Å².